The van der Waals surface area contributed by atoms with Crippen molar-refractivity contribution in [3.63, 3.8) is 0 Å². The number of rotatable bonds is 6. The van der Waals surface area contributed by atoms with E-state index in [0.29, 0.717) is 5.02 Å². The Morgan fingerprint density at radius 3 is 2.75 bits per heavy atom. The Morgan fingerprint density at radius 2 is 2.15 bits per heavy atom. The lowest BCUT2D eigenvalue weighted by Crippen LogP contribution is -2.23. The summed E-state index contributed by atoms with van der Waals surface area (Å²) in [5.74, 6) is 1.71. The van der Waals surface area contributed by atoms with Crippen LogP contribution in [0.3, 0.4) is 0 Å². The van der Waals surface area contributed by atoms with E-state index in [0.717, 1.165) is 35.6 Å². The number of ether oxygens (including phenoxy) is 1. The molecule has 1 atom stereocenters. The highest BCUT2D eigenvalue weighted by molar-refractivity contribution is 6.30. The second kappa shape index (κ2) is 6.82. The summed E-state index contributed by atoms with van der Waals surface area (Å²) in [6.45, 7) is 4.99. The minimum atomic E-state index is 0.0149. The Bertz CT molecular complexity index is 565. The van der Waals surface area contributed by atoms with Gasteiger partial charge in [0.2, 0.25) is 0 Å². The molecule has 3 nitrogen and oxygen atoms in total. The molecule has 108 valence electrons. The average molecular weight is 294 g/mol. The summed E-state index contributed by atoms with van der Waals surface area (Å²) in [5, 5.41) is 4.22. The lowest BCUT2D eigenvalue weighted by atomic mass is 9.99. The van der Waals surface area contributed by atoms with E-state index >= 15 is 0 Å². The quantitative estimate of drug-likeness (QED) is 0.860. The summed E-state index contributed by atoms with van der Waals surface area (Å²) in [6, 6.07) is 7.72. The van der Waals surface area contributed by atoms with Gasteiger partial charge in [0.1, 0.15) is 11.5 Å². The molecule has 1 heterocycles. The molecule has 0 spiro atoms. The maximum absolute atomic E-state index is 6.14. The van der Waals surface area contributed by atoms with Gasteiger partial charge in [0.25, 0.3) is 0 Å². The van der Waals surface area contributed by atoms with Crippen molar-refractivity contribution in [2.45, 2.75) is 26.3 Å². The third kappa shape index (κ3) is 3.35. The lowest BCUT2D eigenvalue weighted by Gasteiger charge is -2.20. The summed E-state index contributed by atoms with van der Waals surface area (Å²) in [6.07, 6.45) is 2.83. The van der Waals surface area contributed by atoms with Gasteiger partial charge < -0.3 is 14.5 Å². The third-order valence-corrected chi connectivity index (χ3v) is 3.42. The molecule has 2 rings (SSSR count). The molecule has 0 aliphatic carbocycles. The molecule has 0 radical (unpaired) electrons. The van der Waals surface area contributed by atoms with Crippen LogP contribution in [0, 0.1) is 6.92 Å². The zero-order chi connectivity index (χ0) is 14.5. The minimum absolute atomic E-state index is 0.0149. The monoisotopic (exact) mass is 293 g/mol. The molecule has 0 fully saturated rings. The Hall–Kier alpha value is -1.45. The summed E-state index contributed by atoms with van der Waals surface area (Å²) >= 11 is 6.14. The van der Waals surface area contributed by atoms with Gasteiger partial charge in [0.05, 0.1) is 19.4 Å². The predicted molar refractivity (Wildman–Crippen MR) is 81.6 cm³/mol. The number of halogens is 1. The smallest absolute Gasteiger partial charge is 0.124 e. The first-order chi connectivity index (χ1) is 9.65. The molecule has 0 saturated heterocycles. The highest BCUT2D eigenvalue weighted by Crippen LogP contribution is 2.33. The van der Waals surface area contributed by atoms with Crippen molar-refractivity contribution in [1.29, 1.82) is 0 Å². The lowest BCUT2D eigenvalue weighted by molar-refractivity contribution is 0.403. The first-order valence-corrected chi connectivity index (χ1v) is 7.15. The molecule has 1 unspecified atom stereocenters. The Kier molecular flexibility index (Phi) is 5.10. The second-order valence-corrected chi connectivity index (χ2v) is 5.20. The number of hydrogen-bond acceptors (Lipinski definition) is 3. The second-order valence-electron chi connectivity index (χ2n) is 4.76. The normalized spacial score (nSPS) is 12.4. The van der Waals surface area contributed by atoms with Gasteiger partial charge in [-0.3, -0.25) is 0 Å². The first-order valence-electron chi connectivity index (χ1n) is 6.77. The van der Waals surface area contributed by atoms with E-state index in [-0.39, 0.29) is 6.04 Å². The fraction of sp³-hybridized carbons (Fsp3) is 0.375. The maximum atomic E-state index is 6.14. The van der Waals surface area contributed by atoms with Gasteiger partial charge in [-0.05, 0) is 44.2 Å². The number of benzene rings is 1. The topological polar surface area (TPSA) is 34.4 Å². The van der Waals surface area contributed by atoms with Crippen LogP contribution in [0.15, 0.2) is 34.9 Å². The van der Waals surface area contributed by atoms with Crippen LogP contribution in [0.2, 0.25) is 5.02 Å². The number of furan rings is 1. The molecule has 20 heavy (non-hydrogen) atoms. The molecule has 0 saturated carbocycles. The van der Waals surface area contributed by atoms with Crippen LogP contribution in [0.5, 0.6) is 5.75 Å². The zero-order valence-corrected chi connectivity index (χ0v) is 12.8. The maximum Gasteiger partial charge on any atom is 0.124 e. The fourth-order valence-corrected chi connectivity index (χ4v) is 2.42. The predicted octanol–water partition coefficient (Wildman–Crippen LogP) is 4.34. The van der Waals surface area contributed by atoms with E-state index in [9.17, 15) is 0 Å². The minimum Gasteiger partial charge on any atom is -0.496 e. The van der Waals surface area contributed by atoms with E-state index in [1.165, 1.54) is 0 Å². The van der Waals surface area contributed by atoms with Crippen molar-refractivity contribution < 1.29 is 9.15 Å². The van der Waals surface area contributed by atoms with Crippen LogP contribution in [0.1, 0.15) is 36.3 Å². The van der Waals surface area contributed by atoms with Gasteiger partial charge in [-0.25, -0.2) is 0 Å². The average Bonchev–Trinajstić information content (AvgIpc) is 2.86. The molecular weight excluding hydrogens is 274 g/mol. The molecular formula is C16H20ClNO2. The number of nitrogens with one attached hydrogen (secondary N) is 1. The van der Waals surface area contributed by atoms with Crippen molar-refractivity contribution in [2.75, 3.05) is 13.7 Å². The molecule has 0 amide bonds. The van der Waals surface area contributed by atoms with Gasteiger partial charge in [-0.15, -0.1) is 0 Å². The zero-order valence-electron chi connectivity index (χ0n) is 12.1. The molecule has 0 aliphatic rings. The Balaban J connectivity index is 2.42. The third-order valence-electron chi connectivity index (χ3n) is 3.19. The summed E-state index contributed by atoms with van der Waals surface area (Å²) in [4.78, 5) is 0. The first kappa shape index (κ1) is 14.9. The van der Waals surface area contributed by atoms with Gasteiger partial charge in [-0.1, -0.05) is 18.5 Å². The molecule has 1 aromatic carbocycles. The van der Waals surface area contributed by atoms with Crippen molar-refractivity contribution in [3.8, 4) is 5.75 Å². The molecule has 4 heteroatoms. The summed E-state index contributed by atoms with van der Waals surface area (Å²) in [5.41, 5.74) is 2.10. The summed E-state index contributed by atoms with van der Waals surface area (Å²) < 4.78 is 10.9. The van der Waals surface area contributed by atoms with Crippen molar-refractivity contribution in [3.05, 3.63) is 52.4 Å². The van der Waals surface area contributed by atoms with E-state index in [1.807, 2.05) is 31.2 Å². The van der Waals surface area contributed by atoms with E-state index in [1.54, 1.807) is 13.4 Å². The fourth-order valence-electron chi connectivity index (χ4n) is 2.24. The molecule has 1 N–H and O–H groups in total. The van der Waals surface area contributed by atoms with Crippen LogP contribution in [0.4, 0.5) is 0 Å². The molecule has 2 aromatic rings. The van der Waals surface area contributed by atoms with Crippen LogP contribution in [0.25, 0.3) is 0 Å². The highest BCUT2D eigenvalue weighted by Gasteiger charge is 2.19. The van der Waals surface area contributed by atoms with Crippen molar-refractivity contribution >= 4 is 11.6 Å². The van der Waals surface area contributed by atoms with Crippen LogP contribution in [-0.2, 0) is 0 Å². The van der Waals surface area contributed by atoms with Crippen LogP contribution < -0.4 is 10.1 Å². The van der Waals surface area contributed by atoms with E-state index < -0.39 is 0 Å². The summed E-state index contributed by atoms with van der Waals surface area (Å²) in [7, 11) is 1.67. The van der Waals surface area contributed by atoms with Crippen LogP contribution in [-0.4, -0.2) is 13.7 Å². The van der Waals surface area contributed by atoms with E-state index in [4.69, 9.17) is 20.8 Å². The SMILES string of the molecule is CCCNC(c1coc(C)c1)c1cc(Cl)ccc1OC. The van der Waals surface area contributed by atoms with Gasteiger partial charge in [0, 0.05) is 16.1 Å². The van der Waals surface area contributed by atoms with Crippen LogP contribution >= 0.6 is 11.6 Å². The van der Waals surface area contributed by atoms with Crippen molar-refractivity contribution in [2.24, 2.45) is 0 Å². The largest absolute Gasteiger partial charge is 0.496 e. The Morgan fingerprint density at radius 1 is 1.35 bits per heavy atom. The van der Waals surface area contributed by atoms with Gasteiger partial charge in [-0.2, -0.15) is 0 Å². The van der Waals surface area contributed by atoms with Gasteiger partial charge >= 0.3 is 0 Å². The van der Waals surface area contributed by atoms with E-state index in [2.05, 4.69) is 12.2 Å². The molecule has 0 bridgehead atoms. The molecule has 0 aliphatic heterocycles. The highest BCUT2D eigenvalue weighted by atomic mass is 35.5. The number of aryl methyl sites for hydroxylation is 1. The van der Waals surface area contributed by atoms with Crippen molar-refractivity contribution in [1.82, 2.24) is 5.32 Å². The molecule has 1 aromatic heterocycles. The number of hydrogen-bond donors (Lipinski definition) is 1. The standard InChI is InChI=1S/C16H20ClNO2/c1-4-7-18-16(12-8-11(2)20-10-12)14-9-13(17)5-6-15(14)19-3/h5-6,8-10,16,18H,4,7H2,1-3H3. The Labute approximate surface area is 124 Å². The van der Waals surface area contributed by atoms with Gasteiger partial charge in [0.15, 0.2) is 0 Å². The number of methoxy groups -OCH3 is 1.